The molecule has 0 saturated carbocycles. The van der Waals surface area contributed by atoms with E-state index in [-0.39, 0.29) is 5.91 Å². The molecule has 0 radical (unpaired) electrons. The summed E-state index contributed by atoms with van der Waals surface area (Å²) in [6.45, 7) is 3.54. The maximum atomic E-state index is 11.4. The molecule has 5 nitrogen and oxygen atoms in total. The van der Waals surface area contributed by atoms with E-state index in [0.717, 1.165) is 23.5 Å². The molecule has 3 fully saturated rings. The highest BCUT2D eigenvalue weighted by atomic mass is 16.1. The van der Waals surface area contributed by atoms with Crippen LogP contribution in [-0.2, 0) is 0 Å². The predicted octanol–water partition coefficient (Wildman–Crippen LogP) is 1.40. The molecule has 1 aromatic carbocycles. The minimum absolute atomic E-state index is 0.381. The fraction of sp³-hybridized carbons (Fsp3) is 0.467. The summed E-state index contributed by atoms with van der Waals surface area (Å²) in [5.74, 6) is 0.350. The Morgan fingerprint density at radius 2 is 2.10 bits per heavy atom. The fourth-order valence-electron chi connectivity index (χ4n) is 3.69. The molecule has 5 rings (SSSR count). The summed E-state index contributed by atoms with van der Waals surface area (Å²) >= 11 is 0. The monoisotopic (exact) mass is 270 g/mol. The van der Waals surface area contributed by atoms with Gasteiger partial charge in [0.25, 0.3) is 0 Å². The summed E-state index contributed by atoms with van der Waals surface area (Å²) in [6, 6.07) is 5.99. The largest absolute Gasteiger partial charge is 0.366 e. The standard InChI is InChI=1S/C15H18N4O/c16-15(20)11-1-2-12-13(7-11)19(9-17-12)14-8-18-5-3-10(14)4-6-18/h1-2,7,9-10,14H,3-6,8H2,(H2,16,20)/t14-/m0/s1. The molecule has 1 aromatic heterocycles. The minimum Gasteiger partial charge on any atom is -0.366 e. The molecule has 3 aliphatic heterocycles. The van der Waals surface area contributed by atoms with Crippen LogP contribution in [0.4, 0.5) is 0 Å². The van der Waals surface area contributed by atoms with Gasteiger partial charge in [-0.15, -0.1) is 0 Å². The van der Waals surface area contributed by atoms with E-state index in [0.29, 0.717) is 11.6 Å². The van der Waals surface area contributed by atoms with Gasteiger partial charge in [-0.2, -0.15) is 0 Å². The third kappa shape index (κ3) is 1.73. The quantitative estimate of drug-likeness (QED) is 0.897. The van der Waals surface area contributed by atoms with E-state index in [4.69, 9.17) is 5.73 Å². The Morgan fingerprint density at radius 3 is 2.75 bits per heavy atom. The van der Waals surface area contributed by atoms with E-state index < -0.39 is 0 Å². The molecule has 4 heterocycles. The highest BCUT2D eigenvalue weighted by Crippen LogP contribution is 2.37. The highest BCUT2D eigenvalue weighted by Gasteiger charge is 2.35. The van der Waals surface area contributed by atoms with Crippen molar-refractivity contribution in [2.75, 3.05) is 19.6 Å². The Hall–Kier alpha value is -1.88. The van der Waals surface area contributed by atoms with Crippen LogP contribution in [0.25, 0.3) is 11.0 Å². The number of benzene rings is 1. The zero-order valence-corrected chi connectivity index (χ0v) is 11.3. The van der Waals surface area contributed by atoms with Gasteiger partial charge >= 0.3 is 0 Å². The van der Waals surface area contributed by atoms with Crippen LogP contribution in [0.2, 0.25) is 0 Å². The summed E-state index contributed by atoms with van der Waals surface area (Å²) in [5, 5.41) is 0. The van der Waals surface area contributed by atoms with Crippen LogP contribution >= 0.6 is 0 Å². The van der Waals surface area contributed by atoms with Gasteiger partial charge in [-0.1, -0.05) is 0 Å². The molecule has 0 aliphatic carbocycles. The van der Waals surface area contributed by atoms with Crippen molar-refractivity contribution in [2.45, 2.75) is 18.9 Å². The van der Waals surface area contributed by atoms with E-state index in [1.165, 1.54) is 25.9 Å². The number of hydrogen-bond donors (Lipinski definition) is 1. The van der Waals surface area contributed by atoms with Crippen molar-refractivity contribution < 1.29 is 4.79 Å². The van der Waals surface area contributed by atoms with Gasteiger partial charge in [-0.25, -0.2) is 4.98 Å². The lowest BCUT2D eigenvalue weighted by atomic mass is 9.84. The van der Waals surface area contributed by atoms with Crippen molar-refractivity contribution in [3.63, 3.8) is 0 Å². The number of aromatic nitrogens is 2. The Balaban J connectivity index is 1.79. The number of fused-ring (bicyclic) bond motifs is 4. The summed E-state index contributed by atoms with van der Waals surface area (Å²) in [4.78, 5) is 18.4. The molecule has 104 valence electrons. The number of nitrogens with zero attached hydrogens (tertiary/aromatic N) is 3. The smallest absolute Gasteiger partial charge is 0.248 e. The third-order valence-electron chi connectivity index (χ3n) is 4.84. The Bertz CT molecular complexity index is 670. The molecule has 20 heavy (non-hydrogen) atoms. The van der Waals surface area contributed by atoms with E-state index in [9.17, 15) is 4.79 Å². The number of imidazole rings is 1. The van der Waals surface area contributed by atoms with E-state index >= 15 is 0 Å². The SMILES string of the molecule is NC(=O)c1ccc2ncn([C@H]3CN4CCC3CC4)c2c1. The Labute approximate surface area is 117 Å². The molecule has 1 atom stereocenters. The van der Waals surface area contributed by atoms with Crippen molar-refractivity contribution >= 4 is 16.9 Å². The number of carbonyl (C=O) groups is 1. The van der Waals surface area contributed by atoms with E-state index in [2.05, 4.69) is 14.5 Å². The molecule has 2 N–H and O–H groups in total. The zero-order valence-electron chi connectivity index (χ0n) is 11.3. The second kappa shape index (κ2) is 4.31. The molecule has 0 spiro atoms. The van der Waals surface area contributed by atoms with E-state index in [1.54, 1.807) is 6.07 Å². The van der Waals surface area contributed by atoms with Gasteiger partial charge in [0.1, 0.15) is 0 Å². The number of amides is 1. The average Bonchev–Trinajstić information content (AvgIpc) is 2.91. The van der Waals surface area contributed by atoms with Crippen LogP contribution in [0.1, 0.15) is 29.2 Å². The number of hydrogen-bond acceptors (Lipinski definition) is 3. The first-order valence-electron chi connectivity index (χ1n) is 7.21. The van der Waals surface area contributed by atoms with Crippen molar-refractivity contribution in [3.05, 3.63) is 30.1 Å². The third-order valence-corrected chi connectivity index (χ3v) is 4.84. The van der Waals surface area contributed by atoms with Gasteiger partial charge in [0, 0.05) is 12.1 Å². The van der Waals surface area contributed by atoms with Crippen LogP contribution in [0.3, 0.4) is 0 Å². The lowest BCUT2D eigenvalue weighted by Crippen LogP contribution is -2.47. The molecule has 0 unspecified atom stereocenters. The number of nitrogens with two attached hydrogens (primary N) is 1. The van der Waals surface area contributed by atoms with Crippen molar-refractivity contribution in [2.24, 2.45) is 11.7 Å². The first kappa shape index (κ1) is 11.9. The summed E-state index contributed by atoms with van der Waals surface area (Å²) in [7, 11) is 0. The summed E-state index contributed by atoms with van der Waals surface area (Å²) in [5.41, 5.74) is 7.91. The first-order chi connectivity index (χ1) is 9.72. The normalized spacial score (nSPS) is 28.9. The van der Waals surface area contributed by atoms with Crippen LogP contribution in [0, 0.1) is 5.92 Å². The second-order valence-electron chi connectivity index (χ2n) is 5.92. The molecule has 5 heteroatoms. The van der Waals surface area contributed by atoms with Gasteiger partial charge in [-0.05, 0) is 50.0 Å². The highest BCUT2D eigenvalue weighted by molar-refractivity contribution is 5.96. The molecular weight excluding hydrogens is 252 g/mol. The van der Waals surface area contributed by atoms with Crippen LogP contribution in [0.15, 0.2) is 24.5 Å². The van der Waals surface area contributed by atoms with Gasteiger partial charge in [-0.3, -0.25) is 4.79 Å². The lowest BCUT2D eigenvalue weighted by molar-refractivity contribution is 0.0588. The van der Waals surface area contributed by atoms with Crippen molar-refractivity contribution in [3.8, 4) is 0 Å². The molecule has 3 aliphatic rings. The maximum absolute atomic E-state index is 11.4. The topological polar surface area (TPSA) is 64.2 Å². The molecule has 3 saturated heterocycles. The summed E-state index contributed by atoms with van der Waals surface area (Å²) < 4.78 is 2.25. The minimum atomic E-state index is -0.381. The Kier molecular flexibility index (Phi) is 2.57. The van der Waals surface area contributed by atoms with Gasteiger partial charge in [0.05, 0.1) is 23.4 Å². The average molecular weight is 270 g/mol. The van der Waals surface area contributed by atoms with Crippen LogP contribution < -0.4 is 5.73 Å². The molecule has 2 aromatic rings. The van der Waals surface area contributed by atoms with Crippen molar-refractivity contribution in [1.29, 1.82) is 0 Å². The van der Waals surface area contributed by atoms with Crippen LogP contribution in [0.5, 0.6) is 0 Å². The maximum Gasteiger partial charge on any atom is 0.248 e. The lowest BCUT2D eigenvalue weighted by Gasteiger charge is -2.45. The molecular formula is C15H18N4O. The Morgan fingerprint density at radius 1 is 1.30 bits per heavy atom. The number of carbonyl (C=O) groups excluding carboxylic acids is 1. The van der Waals surface area contributed by atoms with Gasteiger partial charge < -0.3 is 15.2 Å². The summed E-state index contributed by atoms with van der Waals surface area (Å²) in [6.07, 6.45) is 4.45. The van der Waals surface area contributed by atoms with Crippen LogP contribution in [-0.4, -0.2) is 40.0 Å². The number of piperidine rings is 3. The number of primary amides is 1. The predicted molar refractivity (Wildman–Crippen MR) is 76.5 cm³/mol. The molecule has 2 bridgehead atoms. The zero-order chi connectivity index (χ0) is 13.7. The fourth-order valence-corrected chi connectivity index (χ4v) is 3.69. The van der Waals surface area contributed by atoms with E-state index in [1.807, 2.05) is 18.5 Å². The van der Waals surface area contributed by atoms with Gasteiger partial charge in [0.15, 0.2) is 0 Å². The second-order valence-corrected chi connectivity index (χ2v) is 5.92. The van der Waals surface area contributed by atoms with Gasteiger partial charge in [0.2, 0.25) is 5.91 Å². The van der Waals surface area contributed by atoms with Crippen molar-refractivity contribution in [1.82, 2.24) is 14.5 Å². The first-order valence-corrected chi connectivity index (χ1v) is 7.21. The number of rotatable bonds is 2. The molecule has 1 amide bonds.